The Kier molecular flexibility index (Phi) is 18.4. The second-order valence-corrected chi connectivity index (χ2v) is 36.0. The lowest BCUT2D eigenvalue weighted by molar-refractivity contribution is 0.666. The highest BCUT2D eigenvalue weighted by Gasteiger charge is 2.31. The molecule has 0 aliphatic rings. The van der Waals surface area contributed by atoms with Crippen LogP contribution in [0.4, 0.5) is 0 Å². The molecule has 20 aromatic carbocycles. The van der Waals surface area contributed by atoms with Gasteiger partial charge in [0, 0.05) is 98.0 Å². The summed E-state index contributed by atoms with van der Waals surface area (Å²) < 4.78 is 23.5. The molecule has 28 aromatic rings. The number of nitrogens with zero attached hydrogens (tertiary/aromatic N) is 12. The normalized spacial score (nSPS) is 11.8. The lowest BCUT2D eigenvalue weighted by Crippen LogP contribution is -2.05. The third kappa shape index (κ3) is 12.8. The molecule has 0 unspecified atom stereocenters. The van der Waals surface area contributed by atoms with E-state index < -0.39 is 0 Å². The molecule has 0 atom stereocenters. The van der Waals surface area contributed by atoms with Gasteiger partial charge in [0.2, 0.25) is 0 Å². The van der Waals surface area contributed by atoms with Crippen LogP contribution in [0.25, 0.3) is 278 Å². The summed E-state index contributed by atoms with van der Waals surface area (Å²) >= 11 is 0. The summed E-state index contributed by atoms with van der Waals surface area (Å²) in [5, 5.41) is 34.6. The fourth-order valence-corrected chi connectivity index (χ4v) is 21.8. The van der Waals surface area contributed by atoms with E-state index in [2.05, 4.69) is 382 Å². The number of para-hydroxylation sites is 7. The monoisotopic (exact) mass is 1810 g/mol. The van der Waals surface area contributed by atoms with E-state index in [0.29, 0.717) is 57.2 Å². The van der Waals surface area contributed by atoms with Crippen molar-refractivity contribution >= 4 is 131 Å². The van der Waals surface area contributed by atoms with Crippen molar-refractivity contribution < 1.29 is 8.83 Å². The molecular formula is C128H74N12O2. The Labute approximate surface area is 812 Å². The molecule has 0 fully saturated rings. The minimum absolute atomic E-state index is 0.381. The summed E-state index contributed by atoms with van der Waals surface area (Å²) in [6.45, 7) is 0. The van der Waals surface area contributed by atoms with Crippen LogP contribution in [0.15, 0.2) is 458 Å². The second kappa shape index (κ2) is 32.5. The predicted octanol–water partition coefficient (Wildman–Crippen LogP) is 32.3. The molecule has 0 saturated heterocycles. The topological polar surface area (TPSA) is 171 Å². The third-order valence-electron chi connectivity index (χ3n) is 28.2. The van der Waals surface area contributed by atoms with E-state index >= 15 is 0 Å². The zero-order valence-corrected chi connectivity index (χ0v) is 75.9. The van der Waals surface area contributed by atoms with Gasteiger partial charge in [0.1, 0.15) is 11.2 Å². The van der Waals surface area contributed by atoms with Gasteiger partial charge in [-0.05, 0) is 171 Å². The van der Waals surface area contributed by atoms with Gasteiger partial charge in [-0.25, -0.2) is 29.9 Å². The van der Waals surface area contributed by atoms with Gasteiger partial charge in [0.15, 0.2) is 46.1 Å². The van der Waals surface area contributed by atoms with Gasteiger partial charge in [-0.2, -0.15) is 10.5 Å². The quantitative estimate of drug-likeness (QED) is 0.0962. The van der Waals surface area contributed by atoms with Gasteiger partial charge >= 0.3 is 0 Å². The van der Waals surface area contributed by atoms with Gasteiger partial charge in [-0.3, -0.25) is 0 Å². The van der Waals surface area contributed by atoms with Gasteiger partial charge in [-0.1, -0.05) is 334 Å². The number of fused-ring (bicyclic) bond motifs is 20. The fourth-order valence-electron chi connectivity index (χ4n) is 21.8. The first kappa shape index (κ1) is 80.6. The van der Waals surface area contributed by atoms with E-state index in [0.717, 1.165) is 232 Å². The molecule has 142 heavy (non-hydrogen) atoms. The number of benzene rings is 20. The predicted molar refractivity (Wildman–Crippen MR) is 574 cm³/mol. The maximum absolute atomic E-state index is 11.2. The fraction of sp³-hybridized carbons (Fsp3) is 0. The SMILES string of the molecule is N#Cc1ccc(-n2c3ccccc3c3ccc4c(c5ccccc5n4-c4cccc5c4oc4ccc(-c6ccc(-c7nc(-c8ccccc8-c8ccccc8)nc(-c8cc(C#N)ccc8-n8c9ccccc9c9ccc%10c(c%11ccccc%11n%10-c%10cccc%11c%10oc%10ccccc%10%11)c98)n7)c(-c7ccccc7)c6)cc45)c32)c(-c2nc(-c3ccc(-c4ccccc4)cc3)nc(-c3ccccc3-c3ccccc3)n2)c1. The first-order chi connectivity index (χ1) is 70.3. The summed E-state index contributed by atoms with van der Waals surface area (Å²) in [6.07, 6.45) is 0. The van der Waals surface area contributed by atoms with Crippen molar-refractivity contribution in [3.63, 3.8) is 0 Å². The Morgan fingerprint density at radius 2 is 0.528 bits per heavy atom. The summed E-state index contributed by atoms with van der Waals surface area (Å²) in [7, 11) is 0. The van der Waals surface area contributed by atoms with E-state index in [-0.39, 0.29) is 0 Å². The van der Waals surface area contributed by atoms with Gasteiger partial charge in [0.05, 0.1) is 90.1 Å². The molecule has 14 heteroatoms. The summed E-state index contributed by atoms with van der Waals surface area (Å²) in [5.74, 6) is 2.67. The molecule has 0 bridgehead atoms. The van der Waals surface area contributed by atoms with Crippen molar-refractivity contribution in [2.75, 3.05) is 0 Å². The van der Waals surface area contributed by atoms with Crippen molar-refractivity contribution in [1.29, 1.82) is 10.5 Å². The molecule has 0 aliphatic heterocycles. The Bertz CT molecular complexity index is 10200. The molecule has 14 nitrogen and oxygen atoms in total. The van der Waals surface area contributed by atoms with E-state index in [4.69, 9.17) is 38.7 Å². The average Bonchev–Trinajstić information content (AvgIpc) is 1.54. The molecule has 0 amide bonds. The first-order valence-electron chi connectivity index (χ1n) is 47.4. The number of furan rings is 2. The van der Waals surface area contributed by atoms with E-state index in [1.165, 1.54) is 0 Å². The number of aromatic nitrogens is 10. The second-order valence-electron chi connectivity index (χ2n) is 36.0. The Morgan fingerprint density at radius 1 is 0.183 bits per heavy atom. The highest BCUT2D eigenvalue weighted by Crippen LogP contribution is 2.51. The molecular weight excluding hydrogens is 1740 g/mol. The van der Waals surface area contributed by atoms with E-state index in [1.54, 1.807) is 0 Å². The van der Waals surface area contributed by atoms with Crippen molar-refractivity contribution in [2.45, 2.75) is 0 Å². The standard InChI is InChI=1S/C128H74N12O2/c129-75-77-55-66-109(103(71-77)127-132-123(84-59-57-80(58-60-84)79-29-5-1-6-30-79)131-124(134-127)96-42-15-13-37-87(96)81-31-7-2-8-32-81)139-105-48-22-17-39-89(105)92-65-69-112-118(119(92)139)100-45-20-25-51-108(100)138(112)114-53-28-47-95-102-74-86(62-70-116(102)142-122(95)114)85-61-63-98(101(73-85)83-35-11-4-12-36-83)126-133-125(97-43-16-14-38-88(97)82-33-9-3-10-34-82)135-128(136-126)104-72-78(76-130)56-67-110(104)140-106-49-23-18-40-90(106)93-64-68-111-117(120(93)140)99-44-19-24-50-107(99)137(111)113-52-27-46-94-91-41-21-26-54-115(91)141-121(94)113/h1-74H. The molecule has 8 aromatic heterocycles. The summed E-state index contributed by atoms with van der Waals surface area (Å²) in [6, 6.07) is 161. The van der Waals surface area contributed by atoms with Crippen LogP contribution >= 0.6 is 0 Å². The third-order valence-corrected chi connectivity index (χ3v) is 28.2. The lowest BCUT2D eigenvalue weighted by atomic mass is 9.93. The van der Waals surface area contributed by atoms with Gasteiger partial charge < -0.3 is 27.1 Å². The largest absolute Gasteiger partial charge is 0.454 e. The van der Waals surface area contributed by atoms with Crippen LogP contribution in [0.5, 0.6) is 0 Å². The van der Waals surface area contributed by atoms with Crippen LogP contribution in [0, 0.1) is 22.7 Å². The van der Waals surface area contributed by atoms with Crippen molar-refractivity contribution in [1.82, 2.24) is 48.2 Å². The van der Waals surface area contributed by atoms with Gasteiger partial charge in [-0.15, -0.1) is 0 Å². The Balaban J connectivity index is 0.603. The molecule has 0 N–H and O–H groups in total. The van der Waals surface area contributed by atoms with Crippen LogP contribution in [0.3, 0.4) is 0 Å². The highest BCUT2D eigenvalue weighted by molar-refractivity contribution is 6.29. The molecule has 0 saturated carbocycles. The van der Waals surface area contributed by atoms with Crippen molar-refractivity contribution in [3.05, 3.63) is 460 Å². The van der Waals surface area contributed by atoms with Crippen LogP contribution < -0.4 is 0 Å². The minimum atomic E-state index is 0.381. The summed E-state index contributed by atoms with van der Waals surface area (Å²) in [5.41, 5.74) is 29.6. The Morgan fingerprint density at radius 3 is 1.01 bits per heavy atom. The Hall–Kier alpha value is -19.8. The molecule has 8 heterocycles. The highest BCUT2D eigenvalue weighted by atomic mass is 16.3. The molecule has 0 spiro atoms. The number of rotatable bonds is 15. The number of hydrogen-bond donors (Lipinski definition) is 0. The minimum Gasteiger partial charge on any atom is -0.454 e. The van der Waals surface area contributed by atoms with Crippen molar-refractivity contribution in [3.8, 4) is 159 Å². The maximum Gasteiger partial charge on any atom is 0.166 e. The molecule has 658 valence electrons. The van der Waals surface area contributed by atoms with Crippen LogP contribution in [-0.4, -0.2) is 48.2 Å². The first-order valence-corrected chi connectivity index (χ1v) is 47.4. The summed E-state index contributed by atoms with van der Waals surface area (Å²) in [4.78, 5) is 33.4. The zero-order chi connectivity index (χ0) is 93.7. The number of nitriles is 2. The zero-order valence-electron chi connectivity index (χ0n) is 75.9. The van der Waals surface area contributed by atoms with E-state index in [9.17, 15) is 10.5 Å². The van der Waals surface area contributed by atoms with Crippen LogP contribution in [0.1, 0.15) is 11.1 Å². The van der Waals surface area contributed by atoms with E-state index in [1.807, 2.05) is 97.1 Å². The molecule has 0 radical (unpaired) electrons. The smallest absolute Gasteiger partial charge is 0.166 e. The van der Waals surface area contributed by atoms with Crippen molar-refractivity contribution in [2.24, 2.45) is 0 Å². The van der Waals surface area contributed by atoms with Gasteiger partial charge in [0.25, 0.3) is 0 Å². The van der Waals surface area contributed by atoms with Crippen LogP contribution in [-0.2, 0) is 0 Å². The molecule has 0 aliphatic carbocycles. The maximum atomic E-state index is 11.2. The number of hydrogen-bond acceptors (Lipinski definition) is 10. The molecule has 28 rings (SSSR count). The average molecular weight is 1810 g/mol. The van der Waals surface area contributed by atoms with Crippen LogP contribution in [0.2, 0.25) is 0 Å². The lowest BCUT2D eigenvalue weighted by Gasteiger charge is -2.17.